The van der Waals surface area contributed by atoms with E-state index in [-0.39, 0.29) is 6.04 Å². The molecule has 2 heterocycles. The number of furan rings is 1. The zero-order valence-electron chi connectivity index (χ0n) is 18.1. The van der Waals surface area contributed by atoms with Crippen molar-refractivity contribution in [2.75, 3.05) is 53.0 Å². The average molecular weight is 415 g/mol. The van der Waals surface area contributed by atoms with Crippen LogP contribution in [0.25, 0.3) is 0 Å². The Bertz CT molecular complexity index is 740. The average Bonchev–Trinajstić information content (AvgIpc) is 3.32. The Morgan fingerprint density at radius 2 is 1.90 bits per heavy atom. The molecule has 0 saturated carbocycles. The summed E-state index contributed by atoms with van der Waals surface area (Å²) in [5, 5.41) is 6.86. The quantitative estimate of drug-likeness (QED) is 0.460. The van der Waals surface area contributed by atoms with E-state index in [1.807, 2.05) is 24.3 Å². The number of aliphatic imine (C=N–C) groups is 1. The molecule has 3 rings (SSSR count). The van der Waals surface area contributed by atoms with Gasteiger partial charge in [0.1, 0.15) is 11.5 Å². The summed E-state index contributed by atoms with van der Waals surface area (Å²) in [7, 11) is 1.69. The van der Waals surface area contributed by atoms with Gasteiger partial charge < -0.3 is 24.5 Å². The molecule has 0 radical (unpaired) electrons. The lowest BCUT2D eigenvalue weighted by molar-refractivity contribution is 0.0179. The molecule has 7 heteroatoms. The molecule has 0 amide bonds. The van der Waals surface area contributed by atoms with Crippen LogP contribution in [0.1, 0.15) is 30.7 Å². The van der Waals surface area contributed by atoms with E-state index in [9.17, 15) is 0 Å². The highest BCUT2D eigenvalue weighted by molar-refractivity contribution is 5.79. The molecule has 164 valence electrons. The third kappa shape index (κ3) is 6.78. The van der Waals surface area contributed by atoms with Gasteiger partial charge in [0.25, 0.3) is 0 Å². The van der Waals surface area contributed by atoms with Gasteiger partial charge in [-0.05, 0) is 36.2 Å². The Hall–Kier alpha value is -2.51. The van der Waals surface area contributed by atoms with Crippen LogP contribution in [0.4, 0.5) is 0 Å². The van der Waals surface area contributed by atoms with E-state index >= 15 is 0 Å². The number of hydrogen-bond donors (Lipinski definition) is 2. The first-order valence-electron chi connectivity index (χ1n) is 10.8. The lowest BCUT2D eigenvalue weighted by Gasteiger charge is -2.34. The van der Waals surface area contributed by atoms with Crippen molar-refractivity contribution in [3.05, 3.63) is 54.0 Å². The predicted molar refractivity (Wildman–Crippen MR) is 119 cm³/mol. The molecule has 1 unspecified atom stereocenters. The van der Waals surface area contributed by atoms with E-state index in [1.165, 1.54) is 5.56 Å². The molecular weight excluding hydrogens is 380 g/mol. The van der Waals surface area contributed by atoms with Gasteiger partial charge in [-0.15, -0.1) is 0 Å². The fourth-order valence-corrected chi connectivity index (χ4v) is 3.50. The van der Waals surface area contributed by atoms with Crippen molar-refractivity contribution in [3.63, 3.8) is 0 Å². The number of nitrogens with zero attached hydrogens (tertiary/aromatic N) is 2. The Morgan fingerprint density at radius 1 is 1.13 bits per heavy atom. The molecule has 0 aliphatic carbocycles. The highest BCUT2D eigenvalue weighted by Gasteiger charge is 2.22. The standard InChI is InChI=1S/C23H34N4O3/c1-3-11-24-23(25-12-10-21-5-4-15-30-21)26-18-22(27-13-16-29-17-14-27)19-6-8-20(28-2)9-7-19/h4-9,15,22H,3,10-14,16-18H2,1-2H3,(H2,24,25,26). The number of rotatable bonds is 10. The zero-order valence-corrected chi connectivity index (χ0v) is 18.1. The monoisotopic (exact) mass is 414 g/mol. The number of nitrogens with one attached hydrogen (secondary N) is 2. The van der Waals surface area contributed by atoms with Crippen molar-refractivity contribution >= 4 is 5.96 Å². The van der Waals surface area contributed by atoms with Crippen molar-refractivity contribution < 1.29 is 13.9 Å². The number of guanidine groups is 1. The number of ether oxygens (including phenoxy) is 2. The van der Waals surface area contributed by atoms with Crippen LogP contribution in [-0.2, 0) is 11.2 Å². The summed E-state index contributed by atoms with van der Waals surface area (Å²) in [6.07, 6.45) is 3.58. The normalized spacial score (nSPS) is 16.3. The van der Waals surface area contributed by atoms with Crippen molar-refractivity contribution in [1.29, 1.82) is 0 Å². The zero-order chi connectivity index (χ0) is 21.0. The summed E-state index contributed by atoms with van der Waals surface area (Å²) < 4.78 is 16.3. The molecule has 2 aromatic rings. The summed E-state index contributed by atoms with van der Waals surface area (Å²) in [5.74, 6) is 2.69. The van der Waals surface area contributed by atoms with E-state index in [0.717, 1.165) is 69.7 Å². The van der Waals surface area contributed by atoms with Gasteiger partial charge in [-0.3, -0.25) is 9.89 Å². The third-order valence-electron chi connectivity index (χ3n) is 5.20. The lowest BCUT2D eigenvalue weighted by atomic mass is 10.0. The van der Waals surface area contributed by atoms with Crippen LogP contribution in [0.2, 0.25) is 0 Å². The predicted octanol–water partition coefficient (Wildman–Crippen LogP) is 2.85. The molecule has 1 fully saturated rings. The number of hydrogen-bond acceptors (Lipinski definition) is 5. The molecule has 2 N–H and O–H groups in total. The summed E-state index contributed by atoms with van der Waals surface area (Å²) in [5.41, 5.74) is 1.24. The van der Waals surface area contributed by atoms with E-state index in [0.29, 0.717) is 6.54 Å². The minimum Gasteiger partial charge on any atom is -0.497 e. The summed E-state index contributed by atoms with van der Waals surface area (Å²) in [4.78, 5) is 7.38. The van der Waals surface area contributed by atoms with Gasteiger partial charge >= 0.3 is 0 Å². The van der Waals surface area contributed by atoms with Gasteiger partial charge in [0.05, 0.1) is 39.2 Å². The molecule has 30 heavy (non-hydrogen) atoms. The fraction of sp³-hybridized carbons (Fsp3) is 0.522. The largest absolute Gasteiger partial charge is 0.497 e. The summed E-state index contributed by atoms with van der Waals surface area (Å²) in [6.45, 7) is 7.84. The highest BCUT2D eigenvalue weighted by atomic mass is 16.5. The van der Waals surface area contributed by atoms with Crippen LogP contribution in [0, 0.1) is 0 Å². The minimum absolute atomic E-state index is 0.199. The SMILES string of the molecule is CCCNC(=NCC(c1ccc(OC)cc1)N1CCOCC1)NCCc1ccco1. The molecule has 1 saturated heterocycles. The maximum absolute atomic E-state index is 5.56. The first-order valence-corrected chi connectivity index (χ1v) is 10.8. The second kappa shape index (κ2) is 12.2. The van der Waals surface area contributed by atoms with Gasteiger partial charge in [-0.25, -0.2) is 0 Å². The Kier molecular flexibility index (Phi) is 9.05. The van der Waals surface area contributed by atoms with Crippen molar-refractivity contribution in [3.8, 4) is 5.75 Å². The lowest BCUT2D eigenvalue weighted by Crippen LogP contribution is -2.42. The van der Waals surface area contributed by atoms with E-state index in [2.05, 4.69) is 34.6 Å². The molecule has 1 aromatic carbocycles. The van der Waals surface area contributed by atoms with Gasteiger partial charge in [0.15, 0.2) is 5.96 Å². The topological polar surface area (TPSA) is 71.3 Å². The smallest absolute Gasteiger partial charge is 0.191 e. The number of methoxy groups -OCH3 is 1. The molecule has 1 aliphatic heterocycles. The highest BCUT2D eigenvalue weighted by Crippen LogP contribution is 2.24. The number of benzene rings is 1. The Labute approximate surface area is 179 Å². The molecule has 0 bridgehead atoms. The molecule has 0 spiro atoms. The van der Waals surface area contributed by atoms with Gasteiger partial charge in [0.2, 0.25) is 0 Å². The Balaban J connectivity index is 1.68. The van der Waals surface area contributed by atoms with Crippen LogP contribution < -0.4 is 15.4 Å². The first kappa shape index (κ1) is 22.2. The van der Waals surface area contributed by atoms with Crippen LogP contribution in [-0.4, -0.2) is 63.9 Å². The van der Waals surface area contributed by atoms with Crippen LogP contribution in [0.15, 0.2) is 52.1 Å². The summed E-state index contributed by atoms with van der Waals surface area (Å²) in [6, 6.07) is 12.4. The second-order valence-corrected chi connectivity index (χ2v) is 7.31. The van der Waals surface area contributed by atoms with E-state index < -0.39 is 0 Å². The van der Waals surface area contributed by atoms with Gasteiger partial charge in [0, 0.05) is 32.6 Å². The maximum Gasteiger partial charge on any atom is 0.191 e. The fourth-order valence-electron chi connectivity index (χ4n) is 3.50. The molecule has 1 aliphatic rings. The van der Waals surface area contributed by atoms with Crippen LogP contribution in [0.3, 0.4) is 0 Å². The van der Waals surface area contributed by atoms with Crippen molar-refractivity contribution in [1.82, 2.24) is 15.5 Å². The molecule has 7 nitrogen and oxygen atoms in total. The molecular formula is C23H34N4O3. The Morgan fingerprint density at radius 3 is 2.57 bits per heavy atom. The first-order chi connectivity index (χ1) is 14.8. The minimum atomic E-state index is 0.199. The second-order valence-electron chi connectivity index (χ2n) is 7.31. The number of morpholine rings is 1. The van der Waals surface area contributed by atoms with Crippen LogP contribution in [0.5, 0.6) is 5.75 Å². The van der Waals surface area contributed by atoms with Crippen molar-refractivity contribution in [2.45, 2.75) is 25.8 Å². The van der Waals surface area contributed by atoms with Crippen LogP contribution >= 0.6 is 0 Å². The van der Waals surface area contributed by atoms with E-state index in [1.54, 1.807) is 13.4 Å². The van der Waals surface area contributed by atoms with Crippen molar-refractivity contribution in [2.24, 2.45) is 4.99 Å². The molecule has 1 aromatic heterocycles. The summed E-state index contributed by atoms with van der Waals surface area (Å²) >= 11 is 0. The van der Waals surface area contributed by atoms with E-state index in [4.69, 9.17) is 18.9 Å². The third-order valence-corrected chi connectivity index (χ3v) is 5.20. The maximum atomic E-state index is 5.56. The molecule has 1 atom stereocenters. The van der Waals surface area contributed by atoms with Gasteiger partial charge in [-0.1, -0.05) is 19.1 Å². The van der Waals surface area contributed by atoms with Gasteiger partial charge in [-0.2, -0.15) is 0 Å².